The van der Waals surface area contributed by atoms with Crippen molar-refractivity contribution in [2.45, 2.75) is 58.4 Å². The Hall–Kier alpha value is -1.15. The molecule has 2 aliphatic heterocycles. The SMILES string of the molecule is CCCS(=O)(=O)N1CCC(NC(=O)C2CCCN(C(=O)CC)C2)CC1. The van der Waals surface area contributed by atoms with E-state index in [0.717, 1.165) is 19.4 Å². The van der Waals surface area contributed by atoms with Crippen LogP contribution in [0.3, 0.4) is 0 Å². The summed E-state index contributed by atoms with van der Waals surface area (Å²) in [7, 11) is -3.15. The number of nitrogens with zero attached hydrogens (tertiary/aromatic N) is 2. The summed E-state index contributed by atoms with van der Waals surface area (Å²) in [5.74, 6) is 0.148. The number of amides is 2. The molecule has 2 heterocycles. The van der Waals surface area contributed by atoms with Crippen LogP contribution in [0.2, 0.25) is 0 Å². The normalized spacial score (nSPS) is 23.4. The molecule has 0 saturated carbocycles. The summed E-state index contributed by atoms with van der Waals surface area (Å²) in [4.78, 5) is 26.1. The van der Waals surface area contributed by atoms with E-state index in [1.807, 2.05) is 13.8 Å². The van der Waals surface area contributed by atoms with Crippen molar-refractivity contribution >= 4 is 21.8 Å². The van der Waals surface area contributed by atoms with Gasteiger partial charge in [-0.25, -0.2) is 12.7 Å². The highest BCUT2D eigenvalue weighted by Gasteiger charge is 2.31. The van der Waals surface area contributed by atoms with Gasteiger partial charge in [-0.2, -0.15) is 0 Å². The lowest BCUT2D eigenvalue weighted by Crippen LogP contribution is -2.51. The summed E-state index contributed by atoms with van der Waals surface area (Å²) in [5, 5.41) is 3.07. The summed E-state index contributed by atoms with van der Waals surface area (Å²) in [6, 6.07) is 0.0258. The zero-order valence-electron chi connectivity index (χ0n) is 15.4. The molecule has 0 aromatic heterocycles. The summed E-state index contributed by atoms with van der Waals surface area (Å²) in [6.45, 7) is 5.89. The van der Waals surface area contributed by atoms with Gasteiger partial charge in [-0.3, -0.25) is 9.59 Å². The second-order valence-corrected chi connectivity index (χ2v) is 9.12. The topological polar surface area (TPSA) is 86.8 Å². The number of sulfonamides is 1. The number of carbonyl (C=O) groups excluding carboxylic acids is 2. The van der Waals surface area contributed by atoms with Gasteiger partial charge < -0.3 is 10.2 Å². The highest BCUT2D eigenvalue weighted by molar-refractivity contribution is 7.89. The van der Waals surface area contributed by atoms with E-state index in [9.17, 15) is 18.0 Å². The molecule has 25 heavy (non-hydrogen) atoms. The average Bonchev–Trinajstić information content (AvgIpc) is 2.61. The molecule has 2 rings (SSSR count). The van der Waals surface area contributed by atoms with Gasteiger partial charge in [0.25, 0.3) is 0 Å². The Morgan fingerprint density at radius 3 is 2.36 bits per heavy atom. The summed E-state index contributed by atoms with van der Waals surface area (Å²) < 4.78 is 25.7. The molecule has 0 spiro atoms. The van der Waals surface area contributed by atoms with Crippen molar-refractivity contribution in [1.29, 1.82) is 0 Å². The molecule has 0 radical (unpaired) electrons. The van der Waals surface area contributed by atoms with Crippen LogP contribution in [-0.2, 0) is 19.6 Å². The number of nitrogens with one attached hydrogen (secondary N) is 1. The van der Waals surface area contributed by atoms with Crippen molar-refractivity contribution in [1.82, 2.24) is 14.5 Å². The lowest BCUT2D eigenvalue weighted by atomic mass is 9.95. The van der Waals surface area contributed by atoms with Crippen LogP contribution < -0.4 is 5.32 Å². The minimum atomic E-state index is -3.15. The van der Waals surface area contributed by atoms with Crippen LogP contribution in [0.15, 0.2) is 0 Å². The van der Waals surface area contributed by atoms with E-state index in [-0.39, 0.29) is 29.5 Å². The molecule has 8 heteroatoms. The minimum Gasteiger partial charge on any atom is -0.353 e. The second kappa shape index (κ2) is 8.98. The summed E-state index contributed by atoms with van der Waals surface area (Å²) in [6.07, 6.45) is 4.06. The molecule has 0 aromatic rings. The highest BCUT2D eigenvalue weighted by atomic mass is 32.2. The predicted molar refractivity (Wildman–Crippen MR) is 96.4 cm³/mol. The van der Waals surface area contributed by atoms with E-state index in [2.05, 4.69) is 5.32 Å². The van der Waals surface area contributed by atoms with Crippen LogP contribution in [-0.4, -0.2) is 67.4 Å². The molecule has 2 amide bonds. The van der Waals surface area contributed by atoms with E-state index in [0.29, 0.717) is 45.3 Å². The number of piperidine rings is 2. The van der Waals surface area contributed by atoms with Crippen molar-refractivity contribution in [3.8, 4) is 0 Å². The third-order valence-corrected chi connectivity index (χ3v) is 7.18. The molecule has 1 N–H and O–H groups in total. The molecule has 144 valence electrons. The molecule has 7 nitrogen and oxygen atoms in total. The molecule has 2 aliphatic rings. The Bertz CT molecular complexity index is 570. The monoisotopic (exact) mass is 373 g/mol. The number of hydrogen-bond acceptors (Lipinski definition) is 4. The quantitative estimate of drug-likeness (QED) is 0.751. The Morgan fingerprint density at radius 1 is 1.08 bits per heavy atom. The molecular weight excluding hydrogens is 342 g/mol. The number of likely N-dealkylation sites (tertiary alicyclic amines) is 1. The van der Waals surface area contributed by atoms with Crippen molar-refractivity contribution in [2.24, 2.45) is 5.92 Å². The first kappa shape index (κ1) is 20.2. The molecule has 1 unspecified atom stereocenters. The van der Waals surface area contributed by atoms with E-state index in [4.69, 9.17) is 0 Å². The Kier molecular flexibility index (Phi) is 7.25. The second-order valence-electron chi connectivity index (χ2n) is 7.03. The molecule has 0 aliphatic carbocycles. The molecule has 1 atom stereocenters. The van der Waals surface area contributed by atoms with Crippen LogP contribution in [0.1, 0.15) is 52.4 Å². The van der Waals surface area contributed by atoms with Crippen LogP contribution in [0.4, 0.5) is 0 Å². The fourth-order valence-electron chi connectivity index (χ4n) is 3.63. The molecular formula is C17H31N3O4S. The van der Waals surface area contributed by atoms with Gasteiger partial charge in [-0.1, -0.05) is 13.8 Å². The minimum absolute atomic E-state index is 0.00321. The van der Waals surface area contributed by atoms with Gasteiger partial charge in [0.1, 0.15) is 0 Å². The van der Waals surface area contributed by atoms with E-state index >= 15 is 0 Å². The zero-order valence-corrected chi connectivity index (χ0v) is 16.2. The number of hydrogen-bond donors (Lipinski definition) is 1. The van der Waals surface area contributed by atoms with Gasteiger partial charge >= 0.3 is 0 Å². The zero-order chi connectivity index (χ0) is 18.4. The van der Waals surface area contributed by atoms with Crippen molar-refractivity contribution in [3.05, 3.63) is 0 Å². The molecule has 2 saturated heterocycles. The van der Waals surface area contributed by atoms with Crippen LogP contribution >= 0.6 is 0 Å². The van der Waals surface area contributed by atoms with Crippen molar-refractivity contribution in [2.75, 3.05) is 31.9 Å². The predicted octanol–water partition coefficient (Wildman–Crippen LogP) is 0.955. The molecule has 0 aromatic carbocycles. The number of rotatable bonds is 6. The number of carbonyl (C=O) groups is 2. The first-order valence-electron chi connectivity index (χ1n) is 9.43. The third-order valence-electron chi connectivity index (χ3n) is 5.10. The Morgan fingerprint density at radius 2 is 1.76 bits per heavy atom. The van der Waals surface area contributed by atoms with E-state index in [1.54, 1.807) is 9.21 Å². The lowest BCUT2D eigenvalue weighted by Gasteiger charge is -2.35. The van der Waals surface area contributed by atoms with Gasteiger partial charge in [-0.15, -0.1) is 0 Å². The Labute approximate surface area is 151 Å². The maximum atomic E-state index is 12.5. The van der Waals surface area contributed by atoms with Gasteiger partial charge in [0, 0.05) is 38.6 Å². The third kappa shape index (κ3) is 5.41. The first-order valence-corrected chi connectivity index (χ1v) is 11.0. The van der Waals surface area contributed by atoms with Crippen molar-refractivity contribution < 1.29 is 18.0 Å². The van der Waals surface area contributed by atoms with E-state index < -0.39 is 10.0 Å². The van der Waals surface area contributed by atoms with E-state index in [1.165, 1.54) is 0 Å². The molecule has 0 bridgehead atoms. The Balaban J connectivity index is 1.81. The lowest BCUT2D eigenvalue weighted by molar-refractivity contribution is -0.135. The maximum Gasteiger partial charge on any atom is 0.225 e. The standard InChI is InChI=1S/C17H31N3O4S/c1-3-12-25(23,24)20-10-7-15(8-11-20)18-17(22)14-6-5-9-19(13-14)16(21)4-2/h14-15H,3-13H2,1-2H3,(H,18,22). The average molecular weight is 374 g/mol. The highest BCUT2D eigenvalue weighted by Crippen LogP contribution is 2.20. The fraction of sp³-hybridized carbons (Fsp3) is 0.882. The maximum absolute atomic E-state index is 12.5. The van der Waals surface area contributed by atoms with Gasteiger partial charge in [0.2, 0.25) is 21.8 Å². The molecule has 2 fully saturated rings. The fourth-order valence-corrected chi connectivity index (χ4v) is 5.17. The summed E-state index contributed by atoms with van der Waals surface area (Å²) in [5.41, 5.74) is 0. The van der Waals surface area contributed by atoms with Gasteiger partial charge in [-0.05, 0) is 32.1 Å². The van der Waals surface area contributed by atoms with Gasteiger partial charge in [0.15, 0.2) is 0 Å². The van der Waals surface area contributed by atoms with Crippen LogP contribution in [0, 0.1) is 5.92 Å². The smallest absolute Gasteiger partial charge is 0.225 e. The van der Waals surface area contributed by atoms with Crippen molar-refractivity contribution in [3.63, 3.8) is 0 Å². The van der Waals surface area contributed by atoms with Crippen LogP contribution in [0.5, 0.6) is 0 Å². The largest absolute Gasteiger partial charge is 0.353 e. The van der Waals surface area contributed by atoms with Crippen LogP contribution in [0.25, 0.3) is 0 Å². The summed E-state index contributed by atoms with van der Waals surface area (Å²) >= 11 is 0. The first-order chi connectivity index (χ1) is 11.9. The van der Waals surface area contributed by atoms with Gasteiger partial charge in [0.05, 0.1) is 11.7 Å².